The van der Waals surface area contributed by atoms with Gasteiger partial charge < -0.3 is 23.7 Å². The predicted octanol–water partition coefficient (Wildman–Crippen LogP) is 3.49. The highest BCUT2D eigenvalue weighted by molar-refractivity contribution is 5.97. The Morgan fingerprint density at radius 3 is 2.56 bits per heavy atom. The molecule has 0 unspecified atom stereocenters. The zero-order valence-electron chi connectivity index (χ0n) is 21.6. The lowest BCUT2D eigenvalue weighted by atomic mass is 9.43. The van der Waals surface area contributed by atoms with Crippen LogP contribution in [-0.2, 0) is 28.6 Å². The van der Waals surface area contributed by atoms with Crippen molar-refractivity contribution in [2.75, 3.05) is 7.11 Å². The van der Waals surface area contributed by atoms with E-state index in [1.807, 2.05) is 13.0 Å². The molecule has 2 heterocycles. The number of ketones is 1. The lowest BCUT2D eigenvalue weighted by Gasteiger charge is -2.62. The van der Waals surface area contributed by atoms with E-state index >= 15 is 0 Å². The number of esters is 2. The van der Waals surface area contributed by atoms with Gasteiger partial charge in [-0.1, -0.05) is 19.4 Å². The summed E-state index contributed by atoms with van der Waals surface area (Å²) in [5, 5.41) is 11.5. The average Bonchev–Trinajstić information content (AvgIpc) is 3.50. The smallest absolute Gasteiger partial charge is 0.305 e. The van der Waals surface area contributed by atoms with E-state index in [1.165, 1.54) is 26.2 Å². The van der Waals surface area contributed by atoms with Crippen molar-refractivity contribution in [2.45, 2.75) is 77.3 Å². The van der Waals surface area contributed by atoms with E-state index in [-0.39, 0.29) is 24.2 Å². The normalized spacial score (nSPS) is 43.1. The summed E-state index contributed by atoms with van der Waals surface area (Å²) in [6.07, 6.45) is 5.04. The maximum absolute atomic E-state index is 13.7. The van der Waals surface area contributed by atoms with Gasteiger partial charge in [0.25, 0.3) is 0 Å². The monoisotopic (exact) mass is 498 g/mol. The third-order valence-corrected chi connectivity index (χ3v) is 9.50. The first-order chi connectivity index (χ1) is 16.9. The Kier molecular flexibility index (Phi) is 5.65. The summed E-state index contributed by atoms with van der Waals surface area (Å²) in [6, 6.07) is 1.94. The van der Waals surface area contributed by atoms with Crippen molar-refractivity contribution in [3.05, 3.63) is 47.5 Å². The Balaban J connectivity index is 1.75. The summed E-state index contributed by atoms with van der Waals surface area (Å²) in [5.41, 5.74) is -0.344. The minimum Gasteiger partial charge on any atom is -0.472 e. The van der Waals surface area contributed by atoms with Crippen LogP contribution in [-0.4, -0.2) is 53.9 Å². The SMILES string of the molecule is COC(=O)C[C@H]1[C@]2(C)C3=C(C)[C@@H](c4ccoc4)C[C@H]3O[C@@H]2[C@H](OC(C)=O)[C@@H]2[C@@]1(C)C(=O)C=C[C@@]2(C)O. The minimum absolute atomic E-state index is 0.0395. The first-order valence-electron chi connectivity index (χ1n) is 12.5. The molecule has 4 aliphatic rings. The van der Waals surface area contributed by atoms with Gasteiger partial charge in [-0.15, -0.1) is 0 Å². The first kappa shape index (κ1) is 25.0. The van der Waals surface area contributed by atoms with Gasteiger partial charge in [0.05, 0.1) is 37.8 Å². The van der Waals surface area contributed by atoms with Crippen molar-refractivity contribution >= 4 is 17.7 Å². The Bertz CT molecular complexity index is 1160. The van der Waals surface area contributed by atoms with E-state index < -0.39 is 52.4 Å². The third kappa shape index (κ3) is 3.23. The minimum atomic E-state index is -1.47. The van der Waals surface area contributed by atoms with Gasteiger partial charge in [0, 0.05) is 29.6 Å². The maximum atomic E-state index is 13.7. The van der Waals surface area contributed by atoms with Gasteiger partial charge in [0.15, 0.2) is 5.78 Å². The molecule has 1 aliphatic heterocycles. The van der Waals surface area contributed by atoms with Crippen LogP contribution in [0.2, 0.25) is 0 Å². The molecule has 1 N–H and O–H groups in total. The van der Waals surface area contributed by atoms with Crippen molar-refractivity contribution in [3.8, 4) is 0 Å². The van der Waals surface area contributed by atoms with E-state index in [1.54, 1.807) is 26.4 Å². The zero-order chi connectivity index (χ0) is 26.2. The number of aliphatic hydroxyl groups is 1. The number of hydrogen-bond acceptors (Lipinski definition) is 8. The fourth-order valence-corrected chi connectivity index (χ4v) is 8.12. The molecule has 0 radical (unpaired) electrons. The highest BCUT2D eigenvalue weighted by atomic mass is 16.6. The summed E-state index contributed by atoms with van der Waals surface area (Å²) in [4.78, 5) is 38.9. The summed E-state index contributed by atoms with van der Waals surface area (Å²) in [7, 11) is 1.33. The van der Waals surface area contributed by atoms with E-state index in [0.717, 1.165) is 16.7 Å². The molecule has 0 amide bonds. The fraction of sp³-hybridized carbons (Fsp3) is 0.607. The largest absolute Gasteiger partial charge is 0.472 e. The van der Waals surface area contributed by atoms with Crippen LogP contribution in [0.3, 0.4) is 0 Å². The summed E-state index contributed by atoms with van der Waals surface area (Å²) < 4.78 is 23.0. The summed E-state index contributed by atoms with van der Waals surface area (Å²) in [5.74, 6) is -2.49. The van der Waals surface area contributed by atoms with Crippen LogP contribution in [0.5, 0.6) is 0 Å². The Labute approximate surface area is 210 Å². The summed E-state index contributed by atoms with van der Waals surface area (Å²) >= 11 is 0. The average molecular weight is 499 g/mol. The second-order valence-electron chi connectivity index (χ2n) is 11.4. The molecule has 8 nitrogen and oxygen atoms in total. The number of methoxy groups -OCH3 is 1. The molecule has 194 valence electrons. The molecule has 1 aromatic heterocycles. The molecular formula is C28H34O8. The molecule has 8 heteroatoms. The fourth-order valence-electron chi connectivity index (χ4n) is 8.12. The molecule has 1 aromatic rings. The van der Waals surface area contributed by atoms with Gasteiger partial charge in [-0.25, -0.2) is 0 Å². The quantitative estimate of drug-likeness (QED) is 0.496. The van der Waals surface area contributed by atoms with Crippen molar-refractivity contribution < 1.29 is 38.1 Å². The molecule has 36 heavy (non-hydrogen) atoms. The van der Waals surface area contributed by atoms with Crippen molar-refractivity contribution in [1.29, 1.82) is 0 Å². The van der Waals surface area contributed by atoms with E-state index in [2.05, 4.69) is 6.92 Å². The number of ether oxygens (including phenoxy) is 3. The topological polar surface area (TPSA) is 112 Å². The lowest BCUT2D eigenvalue weighted by molar-refractivity contribution is -0.232. The van der Waals surface area contributed by atoms with Gasteiger partial charge in [-0.3, -0.25) is 14.4 Å². The van der Waals surface area contributed by atoms with E-state index in [0.29, 0.717) is 6.42 Å². The second kappa shape index (κ2) is 8.15. The molecule has 1 saturated heterocycles. The maximum Gasteiger partial charge on any atom is 0.305 e. The molecule has 0 spiro atoms. The molecular weight excluding hydrogens is 464 g/mol. The van der Waals surface area contributed by atoms with E-state index in [9.17, 15) is 19.5 Å². The van der Waals surface area contributed by atoms with Crippen LogP contribution in [0, 0.1) is 22.7 Å². The Morgan fingerprint density at radius 2 is 1.94 bits per heavy atom. The Hall–Kier alpha value is -2.71. The number of carbonyl (C=O) groups is 3. The number of furan rings is 1. The first-order valence-corrected chi connectivity index (χ1v) is 12.5. The predicted molar refractivity (Wildman–Crippen MR) is 128 cm³/mol. The number of carbonyl (C=O) groups excluding carboxylic acids is 3. The number of fused-ring (bicyclic) bond motifs is 4. The molecule has 0 aromatic carbocycles. The highest BCUT2D eigenvalue weighted by Crippen LogP contribution is 2.69. The number of rotatable bonds is 4. The van der Waals surface area contributed by atoms with Gasteiger partial charge in [0.2, 0.25) is 0 Å². The van der Waals surface area contributed by atoms with Crippen molar-refractivity contribution in [1.82, 2.24) is 0 Å². The molecule has 2 fully saturated rings. The van der Waals surface area contributed by atoms with Crippen LogP contribution < -0.4 is 0 Å². The van der Waals surface area contributed by atoms with Crippen LogP contribution >= 0.6 is 0 Å². The third-order valence-electron chi connectivity index (χ3n) is 9.50. The van der Waals surface area contributed by atoms with Gasteiger partial charge >= 0.3 is 11.9 Å². The van der Waals surface area contributed by atoms with Crippen LogP contribution in [0.1, 0.15) is 58.9 Å². The van der Waals surface area contributed by atoms with Crippen LogP contribution in [0.15, 0.2) is 46.3 Å². The van der Waals surface area contributed by atoms with Gasteiger partial charge in [-0.2, -0.15) is 0 Å². The van der Waals surface area contributed by atoms with Crippen molar-refractivity contribution in [3.63, 3.8) is 0 Å². The highest BCUT2D eigenvalue weighted by Gasteiger charge is 2.74. The number of allylic oxidation sites excluding steroid dienone is 2. The van der Waals surface area contributed by atoms with Crippen molar-refractivity contribution in [2.24, 2.45) is 22.7 Å². The second-order valence-corrected chi connectivity index (χ2v) is 11.4. The van der Waals surface area contributed by atoms with Crippen LogP contribution in [0.25, 0.3) is 0 Å². The molecule has 5 rings (SSSR count). The Morgan fingerprint density at radius 1 is 1.22 bits per heavy atom. The van der Waals surface area contributed by atoms with E-state index in [4.69, 9.17) is 18.6 Å². The van der Waals surface area contributed by atoms with Gasteiger partial charge in [-0.05, 0) is 55.5 Å². The lowest BCUT2D eigenvalue weighted by Crippen LogP contribution is -2.70. The molecule has 0 bridgehead atoms. The molecule has 3 aliphatic carbocycles. The molecule has 9 atom stereocenters. The zero-order valence-corrected chi connectivity index (χ0v) is 21.6. The number of hydrogen-bond donors (Lipinski definition) is 1. The van der Waals surface area contributed by atoms with Crippen LogP contribution in [0.4, 0.5) is 0 Å². The standard InChI is InChI=1S/C28H34O8/c1-14-17(16-8-10-34-13-16)11-18-22(14)28(5)19(12-21(31)33-6)27(4)20(30)7-9-26(3,32)24(27)23(25(28)36-18)35-15(2)29/h7-10,13,17-19,23-25,32H,11-12H2,1-6H3/t17-,18+,19+,23+,24-,25+,26+,27+,28+/m0/s1. The van der Waals surface area contributed by atoms with Gasteiger partial charge in [0.1, 0.15) is 12.2 Å². The summed E-state index contributed by atoms with van der Waals surface area (Å²) in [6.45, 7) is 8.80. The molecule has 1 saturated carbocycles.